The summed E-state index contributed by atoms with van der Waals surface area (Å²) in [5.41, 5.74) is 4.28. The van der Waals surface area contributed by atoms with Gasteiger partial charge in [0.05, 0.1) is 33.4 Å². The maximum Gasteiger partial charge on any atom is 0.282 e. The van der Waals surface area contributed by atoms with Crippen LogP contribution in [0.15, 0.2) is 64.6 Å². The highest BCUT2D eigenvalue weighted by molar-refractivity contribution is 7.92. The Labute approximate surface area is 200 Å². The summed E-state index contributed by atoms with van der Waals surface area (Å²) >= 11 is 0. The van der Waals surface area contributed by atoms with Gasteiger partial charge in [-0.3, -0.25) is 19.6 Å². The van der Waals surface area contributed by atoms with Crippen LogP contribution in [0.1, 0.15) is 27.0 Å². The summed E-state index contributed by atoms with van der Waals surface area (Å²) in [6.07, 6.45) is 1.10. The van der Waals surface area contributed by atoms with Gasteiger partial charge in [-0.05, 0) is 49.7 Å². The number of ether oxygens (including phenoxy) is 2. The number of nitrogens with one attached hydrogen (secondary N) is 2. The molecule has 1 amide bonds. The molecule has 1 aliphatic heterocycles. The molecular weight excluding hydrogens is 476 g/mol. The third-order valence-corrected chi connectivity index (χ3v) is 6.48. The number of hydrogen-bond acceptors (Lipinski definition) is 8. The molecule has 35 heavy (non-hydrogen) atoms. The Hall–Kier alpha value is -4.45. The normalized spacial score (nSPS) is 12.5. The third-order valence-electron chi connectivity index (χ3n) is 5.12. The van der Waals surface area contributed by atoms with E-state index < -0.39 is 20.9 Å². The number of aryl methyl sites for hydroxylation is 2. The lowest BCUT2D eigenvalue weighted by molar-refractivity contribution is -0.385. The fourth-order valence-corrected chi connectivity index (χ4v) is 4.55. The minimum absolute atomic E-state index is 0.0332. The Morgan fingerprint density at radius 3 is 2.54 bits per heavy atom. The first kappa shape index (κ1) is 23.7. The van der Waals surface area contributed by atoms with Crippen molar-refractivity contribution in [3.05, 3.63) is 87.0 Å². The smallest absolute Gasteiger partial charge is 0.282 e. The average Bonchev–Trinajstić information content (AvgIpc) is 3.28. The summed E-state index contributed by atoms with van der Waals surface area (Å²) in [7, 11) is -3.96. The van der Waals surface area contributed by atoms with Gasteiger partial charge in [-0.25, -0.2) is 13.8 Å². The number of sulfonamides is 1. The van der Waals surface area contributed by atoms with Gasteiger partial charge in [0.1, 0.15) is 0 Å². The van der Waals surface area contributed by atoms with Crippen LogP contribution in [-0.4, -0.2) is 32.3 Å². The Morgan fingerprint density at radius 2 is 1.83 bits per heavy atom. The van der Waals surface area contributed by atoms with Gasteiger partial charge < -0.3 is 9.47 Å². The molecule has 3 aromatic carbocycles. The van der Waals surface area contributed by atoms with Crippen LogP contribution in [0.25, 0.3) is 0 Å². The molecule has 3 aromatic rings. The number of nitrogens with zero attached hydrogens (tertiary/aromatic N) is 2. The topological polar surface area (TPSA) is 149 Å². The van der Waals surface area contributed by atoms with E-state index in [0.29, 0.717) is 11.4 Å². The lowest BCUT2D eigenvalue weighted by Gasteiger charge is -2.12. The van der Waals surface area contributed by atoms with Gasteiger partial charge >= 0.3 is 0 Å². The van der Waals surface area contributed by atoms with Gasteiger partial charge in [0.2, 0.25) is 6.79 Å². The Bertz CT molecular complexity index is 1470. The Kier molecular flexibility index (Phi) is 6.38. The van der Waals surface area contributed by atoms with Crippen LogP contribution in [-0.2, 0) is 10.0 Å². The van der Waals surface area contributed by atoms with E-state index in [4.69, 9.17) is 9.47 Å². The molecule has 0 saturated carbocycles. The van der Waals surface area contributed by atoms with E-state index in [2.05, 4.69) is 15.2 Å². The maximum atomic E-state index is 12.8. The molecule has 0 bridgehead atoms. The van der Waals surface area contributed by atoms with Gasteiger partial charge in [-0.2, -0.15) is 5.10 Å². The molecule has 0 aliphatic carbocycles. The molecule has 4 rings (SSSR count). The molecular formula is C23H20N4O7S. The number of nitro benzene ring substituents is 1. The summed E-state index contributed by atoms with van der Waals surface area (Å²) < 4.78 is 38.6. The predicted molar refractivity (Wildman–Crippen MR) is 127 cm³/mol. The highest BCUT2D eigenvalue weighted by atomic mass is 32.2. The van der Waals surface area contributed by atoms with E-state index in [-0.39, 0.29) is 34.3 Å². The molecule has 180 valence electrons. The lowest BCUT2D eigenvalue weighted by atomic mass is 10.1. The average molecular weight is 497 g/mol. The summed E-state index contributed by atoms with van der Waals surface area (Å²) in [6.45, 7) is 3.64. The van der Waals surface area contributed by atoms with E-state index in [1.165, 1.54) is 36.4 Å². The summed E-state index contributed by atoms with van der Waals surface area (Å²) in [5, 5.41) is 15.1. The number of benzene rings is 3. The van der Waals surface area contributed by atoms with Crippen LogP contribution in [0.3, 0.4) is 0 Å². The largest absolute Gasteiger partial charge is 0.454 e. The second kappa shape index (κ2) is 9.43. The van der Waals surface area contributed by atoms with Crippen LogP contribution in [0.5, 0.6) is 11.5 Å². The number of amides is 1. The molecule has 0 unspecified atom stereocenters. The van der Waals surface area contributed by atoms with Crippen molar-refractivity contribution in [1.82, 2.24) is 5.43 Å². The SMILES string of the molecule is Cc1ccc(NS(=O)(=O)c2cccc(C(=O)NN=Cc3cc4c(cc3[N+](=O)[O-])OCO4)c2)c(C)c1. The van der Waals surface area contributed by atoms with Crippen molar-refractivity contribution in [1.29, 1.82) is 0 Å². The molecule has 1 aliphatic rings. The van der Waals surface area contributed by atoms with E-state index in [0.717, 1.165) is 17.3 Å². The second-order valence-electron chi connectivity index (χ2n) is 7.67. The number of nitro groups is 1. The first-order valence-electron chi connectivity index (χ1n) is 10.3. The molecule has 12 heteroatoms. The number of anilines is 1. The molecule has 2 N–H and O–H groups in total. The van der Waals surface area contributed by atoms with Crippen LogP contribution in [0.4, 0.5) is 11.4 Å². The predicted octanol–water partition coefficient (Wildman–Crippen LogP) is 3.51. The van der Waals surface area contributed by atoms with Crippen molar-refractivity contribution >= 4 is 33.5 Å². The van der Waals surface area contributed by atoms with Crippen molar-refractivity contribution in [2.45, 2.75) is 18.7 Å². The van der Waals surface area contributed by atoms with Crippen LogP contribution >= 0.6 is 0 Å². The number of hydrogen-bond donors (Lipinski definition) is 2. The van der Waals surface area contributed by atoms with Crippen LogP contribution in [0.2, 0.25) is 0 Å². The van der Waals surface area contributed by atoms with Crippen LogP contribution in [0, 0.1) is 24.0 Å². The second-order valence-corrected chi connectivity index (χ2v) is 9.35. The highest BCUT2D eigenvalue weighted by Gasteiger charge is 2.23. The molecule has 0 atom stereocenters. The first-order chi connectivity index (χ1) is 16.6. The standard InChI is InChI=1S/C23H20N4O7S/c1-14-6-7-19(15(2)8-14)26-35(31,32)18-5-3-4-16(9-18)23(28)25-24-12-17-10-21-22(34-13-33-21)11-20(17)27(29)30/h3-12,26H,13H2,1-2H3,(H,25,28). The highest BCUT2D eigenvalue weighted by Crippen LogP contribution is 2.37. The van der Waals surface area contributed by atoms with Gasteiger partial charge in [0.25, 0.3) is 21.6 Å². The van der Waals surface area contributed by atoms with Crippen molar-refractivity contribution in [3.8, 4) is 11.5 Å². The van der Waals surface area contributed by atoms with Gasteiger partial charge in [0, 0.05) is 5.56 Å². The zero-order chi connectivity index (χ0) is 25.2. The number of hydrazone groups is 1. The molecule has 11 nitrogen and oxygen atoms in total. The van der Waals surface area contributed by atoms with Crippen LogP contribution < -0.4 is 19.6 Å². The van der Waals surface area contributed by atoms with Gasteiger partial charge in [0.15, 0.2) is 11.5 Å². The molecule has 0 radical (unpaired) electrons. The molecule has 0 fully saturated rings. The molecule has 1 heterocycles. The number of rotatable bonds is 7. The fourth-order valence-electron chi connectivity index (χ4n) is 3.37. The van der Waals surface area contributed by atoms with Gasteiger partial charge in [-0.15, -0.1) is 0 Å². The first-order valence-corrected chi connectivity index (χ1v) is 11.7. The van der Waals surface area contributed by atoms with E-state index in [1.807, 2.05) is 13.0 Å². The Morgan fingerprint density at radius 1 is 1.09 bits per heavy atom. The third kappa shape index (κ3) is 5.22. The summed E-state index contributed by atoms with van der Waals surface area (Å²) in [5.74, 6) is -0.142. The molecule has 0 saturated heterocycles. The zero-order valence-electron chi connectivity index (χ0n) is 18.6. The lowest BCUT2D eigenvalue weighted by Crippen LogP contribution is -2.19. The van der Waals surface area contributed by atoms with Crippen molar-refractivity contribution < 1.29 is 27.6 Å². The summed E-state index contributed by atoms with van der Waals surface area (Å²) in [4.78, 5) is 23.2. The fraction of sp³-hybridized carbons (Fsp3) is 0.130. The summed E-state index contributed by atoms with van der Waals surface area (Å²) in [6, 6.07) is 13.3. The zero-order valence-corrected chi connectivity index (χ0v) is 19.5. The van der Waals surface area contributed by atoms with Crippen molar-refractivity contribution in [2.24, 2.45) is 5.10 Å². The monoisotopic (exact) mass is 496 g/mol. The number of carbonyl (C=O) groups excluding carboxylic acids is 1. The minimum Gasteiger partial charge on any atom is -0.454 e. The van der Waals surface area contributed by atoms with Crippen molar-refractivity contribution in [2.75, 3.05) is 11.5 Å². The van der Waals surface area contributed by atoms with E-state index in [9.17, 15) is 23.3 Å². The minimum atomic E-state index is -3.96. The number of carbonyl (C=O) groups is 1. The quantitative estimate of drug-likeness (QED) is 0.289. The Balaban J connectivity index is 1.51. The molecule has 0 aromatic heterocycles. The maximum absolute atomic E-state index is 12.8. The number of fused-ring (bicyclic) bond motifs is 1. The molecule has 0 spiro atoms. The van der Waals surface area contributed by atoms with E-state index >= 15 is 0 Å². The van der Waals surface area contributed by atoms with E-state index in [1.54, 1.807) is 19.1 Å². The van der Waals surface area contributed by atoms with Gasteiger partial charge in [-0.1, -0.05) is 23.8 Å². The van der Waals surface area contributed by atoms with Crippen molar-refractivity contribution in [3.63, 3.8) is 0 Å².